The second-order valence-electron chi connectivity index (χ2n) is 6.06. The van der Waals surface area contributed by atoms with E-state index in [1.807, 2.05) is 0 Å². The Labute approximate surface area is 126 Å². The zero-order valence-electron chi connectivity index (χ0n) is 11.9. The Hall–Kier alpha value is -1.02. The number of alkyl halides is 1. The number of likely N-dealkylation sites (tertiary alicyclic amines) is 1. The molecular weight excluding hydrogens is 270 g/mol. The molecule has 20 heavy (non-hydrogen) atoms. The third kappa shape index (κ3) is 2.71. The smallest absolute Gasteiger partial charge is 0.230 e. The summed E-state index contributed by atoms with van der Waals surface area (Å²) in [6, 6.07) is 8.46. The van der Waals surface area contributed by atoms with Crippen LogP contribution in [0.4, 0.5) is 0 Å². The minimum absolute atomic E-state index is 0.0923. The van der Waals surface area contributed by atoms with Crippen molar-refractivity contribution in [3.05, 3.63) is 35.4 Å². The first-order valence-electron chi connectivity index (χ1n) is 7.72. The second kappa shape index (κ2) is 6.17. The van der Waals surface area contributed by atoms with Crippen molar-refractivity contribution in [3.63, 3.8) is 0 Å². The largest absolute Gasteiger partial charge is 0.342 e. The molecule has 2 atom stereocenters. The van der Waals surface area contributed by atoms with Crippen LogP contribution < -0.4 is 0 Å². The van der Waals surface area contributed by atoms with Gasteiger partial charge in [0.25, 0.3) is 0 Å². The SMILES string of the molecule is O=C(C1CCCc2ccccc21)N1CCC(CCCl)C1. The molecule has 1 aliphatic carbocycles. The highest BCUT2D eigenvalue weighted by atomic mass is 35.5. The van der Waals surface area contributed by atoms with Crippen LogP contribution in [-0.4, -0.2) is 29.8 Å². The van der Waals surface area contributed by atoms with E-state index in [1.165, 1.54) is 11.1 Å². The molecular formula is C17H22ClNO. The molecule has 0 aromatic heterocycles. The number of carbonyl (C=O) groups is 1. The predicted octanol–water partition coefficient (Wildman–Crippen LogP) is 3.58. The topological polar surface area (TPSA) is 20.3 Å². The number of halogens is 1. The van der Waals surface area contributed by atoms with Gasteiger partial charge in [0.2, 0.25) is 5.91 Å². The van der Waals surface area contributed by atoms with E-state index < -0.39 is 0 Å². The molecule has 108 valence electrons. The van der Waals surface area contributed by atoms with E-state index in [9.17, 15) is 4.79 Å². The lowest BCUT2D eigenvalue weighted by Gasteiger charge is -2.28. The lowest BCUT2D eigenvalue weighted by Crippen LogP contribution is -2.34. The summed E-state index contributed by atoms with van der Waals surface area (Å²) in [7, 11) is 0. The number of aryl methyl sites for hydroxylation is 1. The van der Waals surface area contributed by atoms with Gasteiger partial charge in [0.05, 0.1) is 5.92 Å². The maximum absolute atomic E-state index is 12.8. The van der Waals surface area contributed by atoms with Crippen LogP contribution >= 0.6 is 11.6 Å². The average Bonchev–Trinajstić information content (AvgIpc) is 2.95. The molecule has 3 rings (SSSR count). The molecule has 2 nitrogen and oxygen atoms in total. The summed E-state index contributed by atoms with van der Waals surface area (Å²) in [6.07, 6.45) is 5.41. The van der Waals surface area contributed by atoms with Gasteiger partial charge in [0.15, 0.2) is 0 Å². The molecule has 1 amide bonds. The van der Waals surface area contributed by atoms with E-state index in [2.05, 4.69) is 29.2 Å². The van der Waals surface area contributed by atoms with Gasteiger partial charge in [-0.1, -0.05) is 24.3 Å². The van der Waals surface area contributed by atoms with E-state index in [4.69, 9.17) is 11.6 Å². The van der Waals surface area contributed by atoms with Crippen molar-refractivity contribution in [2.24, 2.45) is 5.92 Å². The molecule has 1 aromatic carbocycles. The van der Waals surface area contributed by atoms with Crippen LogP contribution in [0, 0.1) is 5.92 Å². The summed E-state index contributed by atoms with van der Waals surface area (Å²) in [4.78, 5) is 14.9. The Bertz CT molecular complexity index is 488. The molecule has 1 heterocycles. The second-order valence-corrected chi connectivity index (χ2v) is 6.44. The third-order valence-corrected chi connectivity index (χ3v) is 5.00. The van der Waals surface area contributed by atoms with E-state index >= 15 is 0 Å². The van der Waals surface area contributed by atoms with Crippen molar-refractivity contribution in [1.82, 2.24) is 4.90 Å². The summed E-state index contributed by atoms with van der Waals surface area (Å²) in [5, 5.41) is 0. The fourth-order valence-corrected chi connectivity index (χ4v) is 3.96. The highest BCUT2D eigenvalue weighted by Gasteiger charge is 2.33. The normalized spacial score (nSPS) is 25.6. The maximum Gasteiger partial charge on any atom is 0.230 e. The number of hydrogen-bond donors (Lipinski definition) is 0. The molecule has 1 fully saturated rings. The number of fused-ring (bicyclic) bond motifs is 1. The Balaban J connectivity index is 1.73. The summed E-state index contributed by atoms with van der Waals surface area (Å²) in [5.74, 6) is 1.75. The van der Waals surface area contributed by atoms with Crippen molar-refractivity contribution in [2.45, 2.75) is 38.0 Å². The average molecular weight is 292 g/mol. The number of rotatable bonds is 3. The van der Waals surface area contributed by atoms with E-state index in [0.717, 1.165) is 45.2 Å². The van der Waals surface area contributed by atoms with Crippen molar-refractivity contribution < 1.29 is 4.79 Å². The molecule has 0 N–H and O–H groups in total. The number of benzene rings is 1. The zero-order chi connectivity index (χ0) is 13.9. The van der Waals surface area contributed by atoms with Crippen molar-refractivity contribution in [1.29, 1.82) is 0 Å². The Morgan fingerprint density at radius 3 is 3.00 bits per heavy atom. The summed E-state index contributed by atoms with van der Waals surface area (Å²) >= 11 is 5.82. The van der Waals surface area contributed by atoms with Gasteiger partial charge in [-0.25, -0.2) is 0 Å². The minimum atomic E-state index is 0.0923. The molecule has 0 spiro atoms. The van der Waals surface area contributed by atoms with Gasteiger partial charge in [-0.15, -0.1) is 11.6 Å². The summed E-state index contributed by atoms with van der Waals surface area (Å²) in [5.41, 5.74) is 2.64. The van der Waals surface area contributed by atoms with Crippen LogP contribution in [0.1, 0.15) is 42.7 Å². The van der Waals surface area contributed by atoms with Crippen LogP contribution in [0.2, 0.25) is 0 Å². The van der Waals surface area contributed by atoms with Crippen molar-refractivity contribution in [2.75, 3.05) is 19.0 Å². The van der Waals surface area contributed by atoms with Crippen LogP contribution in [0.15, 0.2) is 24.3 Å². The van der Waals surface area contributed by atoms with Crippen LogP contribution in [0.3, 0.4) is 0 Å². The highest BCUT2D eigenvalue weighted by Crippen LogP contribution is 2.34. The Morgan fingerprint density at radius 2 is 2.15 bits per heavy atom. The lowest BCUT2D eigenvalue weighted by molar-refractivity contribution is -0.132. The summed E-state index contributed by atoms with van der Waals surface area (Å²) < 4.78 is 0. The Morgan fingerprint density at radius 1 is 1.30 bits per heavy atom. The number of carbonyl (C=O) groups excluding carboxylic acids is 1. The third-order valence-electron chi connectivity index (χ3n) is 4.78. The highest BCUT2D eigenvalue weighted by molar-refractivity contribution is 6.17. The van der Waals surface area contributed by atoms with Crippen LogP contribution in [0.5, 0.6) is 0 Å². The Kier molecular flexibility index (Phi) is 4.30. The fraction of sp³-hybridized carbons (Fsp3) is 0.588. The standard InChI is InChI=1S/C17H22ClNO/c18-10-8-13-9-11-19(12-13)17(20)16-7-3-5-14-4-1-2-6-15(14)16/h1-2,4,6,13,16H,3,5,7-12H2. The first-order chi connectivity index (χ1) is 9.79. The van der Waals surface area contributed by atoms with Crippen molar-refractivity contribution in [3.8, 4) is 0 Å². The molecule has 3 heteroatoms. The first-order valence-corrected chi connectivity index (χ1v) is 8.25. The predicted molar refractivity (Wildman–Crippen MR) is 82.1 cm³/mol. The molecule has 2 unspecified atom stereocenters. The molecule has 1 aromatic rings. The number of nitrogens with zero attached hydrogens (tertiary/aromatic N) is 1. The van der Waals surface area contributed by atoms with E-state index in [-0.39, 0.29) is 5.92 Å². The van der Waals surface area contributed by atoms with Gasteiger partial charge < -0.3 is 4.90 Å². The summed E-state index contributed by atoms with van der Waals surface area (Å²) in [6.45, 7) is 1.82. The van der Waals surface area contributed by atoms with Gasteiger partial charge in [0, 0.05) is 19.0 Å². The van der Waals surface area contributed by atoms with E-state index in [0.29, 0.717) is 17.7 Å². The number of amides is 1. The fourth-order valence-electron chi connectivity index (χ4n) is 3.65. The minimum Gasteiger partial charge on any atom is -0.342 e. The zero-order valence-corrected chi connectivity index (χ0v) is 12.6. The van der Waals surface area contributed by atoms with E-state index in [1.54, 1.807) is 0 Å². The molecule has 0 radical (unpaired) electrons. The van der Waals surface area contributed by atoms with Gasteiger partial charge in [-0.2, -0.15) is 0 Å². The molecule has 0 saturated carbocycles. The molecule has 1 saturated heterocycles. The van der Waals surface area contributed by atoms with Gasteiger partial charge in [0.1, 0.15) is 0 Å². The van der Waals surface area contributed by atoms with Gasteiger partial charge >= 0.3 is 0 Å². The van der Waals surface area contributed by atoms with Gasteiger partial charge in [-0.05, 0) is 49.1 Å². The molecule has 0 bridgehead atoms. The first kappa shape index (κ1) is 13.9. The van der Waals surface area contributed by atoms with Crippen molar-refractivity contribution >= 4 is 17.5 Å². The number of hydrogen-bond acceptors (Lipinski definition) is 1. The maximum atomic E-state index is 12.8. The molecule has 1 aliphatic heterocycles. The molecule has 2 aliphatic rings. The van der Waals surface area contributed by atoms with Crippen LogP contribution in [-0.2, 0) is 11.2 Å². The van der Waals surface area contributed by atoms with Gasteiger partial charge in [-0.3, -0.25) is 4.79 Å². The van der Waals surface area contributed by atoms with Crippen LogP contribution in [0.25, 0.3) is 0 Å². The quantitative estimate of drug-likeness (QED) is 0.780. The monoisotopic (exact) mass is 291 g/mol. The lowest BCUT2D eigenvalue weighted by atomic mass is 9.82.